The molecule has 0 N–H and O–H groups in total. The number of furan rings is 1. The van der Waals surface area contributed by atoms with Gasteiger partial charge in [0, 0.05) is 17.3 Å². The number of nitrogens with zero attached hydrogens (tertiary/aromatic N) is 1. The van der Waals surface area contributed by atoms with Crippen molar-refractivity contribution in [1.82, 2.24) is 0 Å². The molecule has 2 aromatic rings. The smallest absolute Gasteiger partial charge is 0.154 e. The molecule has 0 amide bonds. The quantitative estimate of drug-likeness (QED) is 0.841. The molecule has 0 saturated carbocycles. The Morgan fingerprint density at radius 1 is 1.32 bits per heavy atom. The minimum Gasteiger partial charge on any atom is -0.469 e. The fourth-order valence-corrected chi connectivity index (χ4v) is 2.10. The number of hydrogen-bond donors (Lipinski definition) is 0. The van der Waals surface area contributed by atoms with Gasteiger partial charge in [-0.05, 0) is 29.8 Å². The third-order valence-electron chi connectivity index (χ3n) is 2.85. The van der Waals surface area contributed by atoms with Crippen LogP contribution in [-0.4, -0.2) is 5.78 Å². The molecule has 3 nitrogen and oxygen atoms in total. The fourth-order valence-electron chi connectivity index (χ4n) is 1.83. The molecule has 0 saturated heterocycles. The monoisotopic (exact) mass is 317 g/mol. The third kappa shape index (κ3) is 3.55. The normalized spacial score (nSPS) is 11.8. The molecule has 0 fully saturated rings. The molecule has 1 aromatic carbocycles. The van der Waals surface area contributed by atoms with Gasteiger partial charge >= 0.3 is 0 Å². The second kappa shape index (κ2) is 6.35. The van der Waals surface area contributed by atoms with E-state index in [9.17, 15) is 10.1 Å². The zero-order chi connectivity index (χ0) is 13.7. The topological polar surface area (TPSA) is 54.0 Å². The molecular formula is C15H12BrNO2. The summed E-state index contributed by atoms with van der Waals surface area (Å²) in [7, 11) is 0. The number of carbonyl (C=O) groups excluding carboxylic acids is 1. The molecular weight excluding hydrogens is 306 g/mol. The summed E-state index contributed by atoms with van der Waals surface area (Å²) in [5.41, 5.74) is 0.732. The van der Waals surface area contributed by atoms with E-state index in [0.29, 0.717) is 12.8 Å². The average molecular weight is 318 g/mol. The summed E-state index contributed by atoms with van der Waals surface area (Å²) < 4.78 is 6.10. The predicted octanol–water partition coefficient (Wildman–Crippen LogP) is 3.85. The van der Waals surface area contributed by atoms with Gasteiger partial charge in [0.15, 0.2) is 5.78 Å². The molecule has 0 aliphatic heterocycles. The molecule has 0 aliphatic rings. The van der Waals surface area contributed by atoms with Crippen LogP contribution in [0.1, 0.15) is 23.7 Å². The summed E-state index contributed by atoms with van der Waals surface area (Å²) in [6.07, 6.45) is 2.42. The maximum absolute atomic E-state index is 12.1. The van der Waals surface area contributed by atoms with Crippen molar-refractivity contribution in [2.75, 3.05) is 0 Å². The zero-order valence-electron chi connectivity index (χ0n) is 10.2. The van der Waals surface area contributed by atoms with Crippen molar-refractivity contribution in [3.63, 3.8) is 0 Å². The number of Topliss-reactive ketones (excluding diaryl/α,β-unsaturated/α-hetero) is 1. The van der Waals surface area contributed by atoms with E-state index >= 15 is 0 Å². The molecule has 2 rings (SSSR count). The molecule has 1 heterocycles. The van der Waals surface area contributed by atoms with Crippen molar-refractivity contribution in [3.05, 3.63) is 58.5 Å². The highest BCUT2D eigenvalue weighted by Crippen LogP contribution is 2.21. The standard InChI is InChI=1S/C15H12BrNO2/c16-12-5-3-11(4-6-12)14(10-17)15(18)8-7-13-2-1-9-19-13/h1-6,9,14H,7-8H2. The van der Waals surface area contributed by atoms with Crippen molar-refractivity contribution in [2.45, 2.75) is 18.8 Å². The molecule has 0 spiro atoms. The van der Waals surface area contributed by atoms with Crippen molar-refractivity contribution in [1.29, 1.82) is 5.26 Å². The van der Waals surface area contributed by atoms with E-state index in [4.69, 9.17) is 4.42 Å². The first-order valence-corrected chi connectivity index (χ1v) is 6.70. The van der Waals surface area contributed by atoms with Crippen LogP contribution in [0.15, 0.2) is 51.6 Å². The molecule has 0 radical (unpaired) electrons. The Morgan fingerprint density at radius 2 is 2.05 bits per heavy atom. The van der Waals surface area contributed by atoms with Crippen LogP contribution in [0.5, 0.6) is 0 Å². The Bertz CT molecular complexity index is 582. The van der Waals surface area contributed by atoms with Crippen LogP contribution in [0.4, 0.5) is 0 Å². The number of rotatable bonds is 5. The summed E-state index contributed by atoms with van der Waals surface area (Å²) in [4.78, 5) is 12.1. The third-order valence-corrected chi connectivity index (χ3v) is 3.38. The summed E-state index contributed by atoms with van der Waals surface area (Å²) in [6, 6.07) is 12.9. The maximum Gasteiger partial charge on any atom is 0.154 e. The van der Waals surface area contributed by atoms with Gasteiger partial charge in [0.1, 0.15) is 11.7 Å². The first-order chi connectivity index (χ1) is 9.20. The van der Waals surface area contributed by atoms with Gasteiger partial charge in [-0.25, -0.2) is 0 Å². The van der Waals surface area contributed by atoms with Gasteiger partial charge in [-0.1, -0.05) is 28.1 Å². The minimum absolute atomic E-state index is 0.0822. The van der Waals surface area contributed by atoms with E-state index in [1.165, 1.54) is 0 Å². The molecule has 19 heavy (non-hydrogen) atoms. The summed E-state index contributed by atoms with van der Waals surface area (Å²) >= 11 is 3.33. The summed E-state index contributed by atoms with van der Waals surface area (Å²) in [5, 5.41) is 9.17. The molecule has 1 atom stereocenters. The van der Waals surface area contributed by atoms with Crippen LogP contribution in [0.3, 0.4) is 0 Å². The zero-order valence-corrected chi connectivity index (χ0v) is 11.8. The molecule has 0 bridgehead atoms. The number of carbonyl (C=O) groups is 1. The van der Waals surface area contributed by atoms with Crippen LogP contribution < -0.4 is 0 Å². The van der Waals surface area contributed by atoms with Crippen LogP contribution in [-0.2, 0) is 11.2 Å². The Hall–Kier alpha value is -1.86. The Labute approximate surface area is 120 Å². The van der Waals surface area contributed by atoms with E-state index in [0.717, 1.165) is 15.8 Å². The van der Waals surface area contributed by atoms with E-state index in [1.807, 2.05) is 18.2 Å². The number of benzene rings is 1. The van der Waals surface area contributed by atoms with Crippen LogP contribution >= 0.6 is 15.9 Å². The van der Waals surface area contributed by atoms with Gasteiger partial charge in [0.05, 0.1) is 12.3 Å². The number of hydrogen-bond acceptors (Lipinski definition) is 3. The molecule has 1 unspecified atom stereocenters. The fraction of sp³-hybridized carbons (Fsp3) is 0.200. The Kier molecular flexibility index (Phi) is 4.53. The second-order valence-electron chi connectivity index (χ2n) is 4.16. The second-order valence-corrected chi connectivity index (χ2v) is 5.08. The van der Waals surface area contributed by atoms with Crippen molar-refractivity contribution in [2.24, 2.45) is 0 Å². The molecule has 1 aromatic heterocycles. The molecule has 0 aliphatic carbocycles. The summed E-state index contributed by atoms with van der Waals surface area (Å²) in [5.74, 6) is -0.0230. The Balaban J connectivity index is 2.03. The number of aryl methyl sites for hydroxylation is 1. The van der Waals surface area contributed by atoms with Gasteiger partial charge in [-0.2, -0.15) is 5.26 Å². The maximum atomic E-state index is 12.1. The molecule has 4 heteroatoms. The first kappa shape index (κ1) is 13.6. The van der Waals surface area contributed by atoms with E-state index in [1.54, 1.807) is 24.5 Å². The van der Waals surface area contributed by atoms with Crippen LogP contribution in [0, 0.1) is 11.3 Å². The first-order valence-electron chi connectivity index (χ1n) is 5.91. The van der Waals surface area contributed by atoms with Crippen LogP contribution in [0.2, 0.25) is 0 Å². The lowest BCUT2D eigenvalue weighted by molar-refractivity contribution is -0.119. The van der Waals surface area contributed by atoms with Gasteiger partial charge in [-0.15, -0.1) is 0 Å². The average Bonchev–Trinajstić information content (AvgIpc) is 2.92. The highest BCUT2D eigenvalue weighted by molar-refractivity contribution is 9.10. The largest absolute Gasteiger partial charge is 0.469 e. The van der Waals surface area contributed by atoms with Gasteiger partial charge < -0.3 is 4.42 Å². The van der Waals surface area contributed by atoms with Gasteiger partial charge in [-0.3, -0.25) is 4.79 Å². The van der Waals surface area contributed by atoms with Gasteiger partial charge in [0.2, 0.25) is 0 Å². The number of ketones is 1. The van der Waals surface area contributed by atoms with Crippen molar-refractivity contribution < 1.29 is 9.21 Å². The van der Waals surface area contributed by atoms with Gasteiger partial charge in [0.25, 0.3) is 0 Å². The summed E-state index contributed by atoms with van der Waals surface area (Å²) in [6.45, 7) is 0. The van der Waals surface area contributed by atoms with E-state index < -0.39 is 5.92 Å². The van der Waals surface area contributed by atoms with E-state index in [2.05, 4.69) is 22.0 Å². The SMILES string of the molecule is N#CC(C(=O)CCc1ccco1)c1ccc(Br)cc1. The number of nitriles is 1. The van der Waals surface area contributed by atoms with Crippen molar-refractivity contribution in [3.8, 4) is 6.07 Å². The highest BCUT2D eigenvalue weighted by Gasteiger charge is 2.19. The van der Waals surface area contributed by atoms with Crippen molar-refractivity contribution >= 4 is 21.7 Å². The number of halogens is 1. The lowest BCUT2D eigenvalue weighted by atomic mass is 9.93. The molecule has 96 valence electrons. The highest BCUT2D eigenvalue weighted by atomic mass is 79.9. The van der Waals surface area contributed by atoms with E-state index in [-0.39, 0.29) is 5.78 Å². The Morgan fingerprint density at radius 3 is 2.63 bits per heavy atom. The predicted molar refractivity (Wildman–Crippen MR) is 74.5 cm³/mol. The lowest BCUT2D eigenvalue weighted by Gasteiger charge is -2.08. The van der Waals surface area contributed by atoms with Crippen LogP contribution in [0.25, 0.3) is 0 Å². The lowest BCUT2D eigenvalue weighted by Crippen LogP contribution is -2.11. The minimum atomic E-state index is -0.705.